The smallest absolute Gasteiger partial charge is 0.309 e. The fourth-order valence-electron chi connectivity index (χ4n) is 3.35. The summed E-state index contributed by atoms with van der Waals surface area (Å²) in [6.07, 6.45) is 2.89. The van der Waals surface area contributed by atoms with Crippen molar-refractivity contribution in [1.82, 2.24) is 9.97 Å². The summed E-state index contributed by atoms with van der Waals surface area (Å²) in [5.74, 6) is 2.24. The molecule has 2 heterocycles. The Labute approximate surface area is 170 Å². The molecule has 1 fully saturated rings. The van der Waals surface area contributed by atoms with Crippen molar-refractivity contribution in [3.63, 3.8) is 0 Å². The standard InChI is InChI=1S/C20H27N5O4/c1-4-29-20(26)13-7-9-25(10-8-13)19-17(21)18(22-12-23-19)24-15-6-5-14(27-2)11-16(15)28-3/h5-6,11-13H,4,7-10,21H2,1-3H3,(H,22,23,24). The van der Waals surface area contributed by atoms with Crippen LogP contribution in [0.4, 0.5) is 23.0 Å². The van der Waals surface area contributed by atoms with Crippen molar-refractivity contribution < 1.29 is 19.0 Å². The quantitative estimate of drug-likeness (QED) is 0.676. The van der Waals surface area contributed by atoms with Crippen LogP contribution in [0.15, 0.2) is 24.5 Å². The number of hydrogen-bond acceptors (Lipinski definition) is 9. The highest BCUT2D eigenvalue weighted by Crippen LogP contribution is 2.35. The number of piperidine rings is 1. The van der Waals surface area contributed by atoms with Crippen molar-refractivity contribution in [1.29, 1.82) is 0 Å². The number of ether oxygens (including phenoxy) is 3. The van der Waals surface area contributed by atoms with Gasteiger partial charge >= 0.3 is 5.97 Å². The average Bonchev–Trinajstić information content (AvgIpc) is 2.75. The number of hydrogen-bond donors (Lipinski definition) is 2. The zero-order chi connectivity index (χ0) is 20.8. The number of methoxy groups -OCH3 is 2. The summed E-state index contributed by atoms with van der Waals surface area (Å²) in [5.41, 5.74) is 7.52. The van der Waals surface area contributed by atoms with Crippen molar-refractivity contribution >= 4 is 29.0 Å². The van der Waals surface area contributed by atoms with E-state index in [1.54, 1.807) is 20.3 Å². The van der Waals surface area contributed by atoms with Gasteiger partial charge < -0.3 is 30.2 Å². The Balaban J connectivity index is 1.75. The predicted octanol–water partition coefficient (Wildman–Crippen LogP) is 2.60. The molecule has 9 nitrogen and oxygen atoms in total. The van der Waals surface area contributed by atoms with E-state index in [0.29, 0.717) is 67.0 Å². The van der Waals surface area contributed by atoms with Gasteiger partial charge in [-0.05, 0) is 31.9 Å². The maximum atomic E-state index is 11.9. The van der Waals surface area contributed by atoms with Crippen LogP contribution in [0.25, 0.3) is 0 Å². The molecule has 1 aliphatic heterocycles. The Morgan fingerprint density at radius 3 is 2.66 bits per heavy atom. The lowest BCUT2D eigenvalue weighted by atomic mass is 9.97. The molecule has 156 valence electrons. The van der Waals surface area contributed by atoms with Gasteiger partial charge in [0, 0.05) is 19.2 Å². The Morgan fingerprint density at radius 1 is 1.24 bits per heavy atom. The minimum Gasteiger partial charge on any atom is -0.497 e. The SMILES string of the molecule is CCOC(=O)C1CCN(c2ncnc(Nc3ccc(OC)cc3OC)c2N)CC1. The van der Waals surface area contributed by atoms with Crippen LogP contribution in [0.3, 0.4) is 0 Å². The first-order chi connectivity index (χ1) is 14.1. The minimum atomic E-state index is -0.128. The summed E-state index contributed by atoms with van der Waals surface area (Å²) in [6, 6.07) is 5.44. The molecule has 9 heteroatoms. The Kier molecular flexibility index (Phi) is 6.58. The molecule has 0 amide bonds. The van der Waals surface area contributed by atoms with E-state index in [0.717, 1.165) is 0 Å². The monoisotopic (exact) mass is 401 g/mol. The summed E-state index contributed by atoms with van der Waals surface area (Å²) in [5, 5.41) is 3.21. The maximum absolute atomic E-state index is 11.9. The molecule has 0 radical (unpaired) electrons. The van der Waals surface area contributed by atoms with Gasteiger partial charge in [-0.1, -0.05) is 0 Å². The topological polar surface area (TPSA) is 112 Å². The van der Waals surface area contributed by atoms with Crippen molar-refractivity contribution in [2.45, 2.75) is 19.8 Å². The zero-order valence-electron chi connectivity index (χ0n) is 17.0. The van der Waals surface area contributed by atoms with Gasteiger partial charge in [0.25, 0.3) is 0 Å². The molecule has 0 aliphatic carbocycles. The van der Waals surface area contributed by atoms with E-state index in [1.807, 2.05) is 19.1 Å². The second kappa shape index (κ2) is 9.31. The molecule has 3 rings (SSSR count). The molecular weight excluding hydrogens is 374 g/mol. The number of benzene rings is 1. The van der Waals surface area contributed by atoms with Crippen molar-refractivity contribution in [2.24, 2.45) is 5.92 Å². The van der Waals surface area contributed by atoms with E-state index >= 15 is 0 Å². The van der Waals surface area contributed by atoms with E-state index in [9.17, 15) is 4.79 Å². The molecule has 1 saturated heterocycles. The molecule has 0 spiro atoms. The number of rotatable bonds is 7. The van der Waals surface area contributed by atoms with Crippen LogP contribution < -0.4 is 25.4 Å². The molecular formula is C20H27N5O4. The second-order valence-electron chi connectivity index (χ2n) is 6.66. The van der Waals surface area contributed by atoms with Gasteiger partial charge in [-0.3, -0.25) is 4.79 Å². The third-order valence-electron chi connectivity index (χ3n) is 4.94. The fraction of sp³-hybridized carbons (Fsp3) is 0.450. The highest BCUT2D eigenvalue weighted by molar-refractivity contribution is 5.80. The molecule has 1 aromatic carbocycles. The second-order valence-corrected chi connectivity index (χ2v) is 6.66. The van der Waals surface area contributed by atoms with Gasteiger partial charge in [0.15, 0.2) is 11.6 Å². The predicted molar refractivity (Wildman–Crippen MR) is 111 cm³/mol. The number of anilines is 4. The lowest BCUT2D eigenvalue weighted by Crippen LogP contribution is -2.37. The first-order valence-corrected chi connectivity index (χ1v) is 9.58. The number of nitrogens with zero attached hydrogens (tertiary/aromatic N) is 3. The minimum absolute atomic E-state index is 0.0737. The highest BCUT2D eigenvalue weighted by Gasteiger charge is 2.28. The molecule has 0 saturated carbocycles. The number of nitrogens with two attached hydrogens (primary N) is 1. The third kappa shape index (κ3) is 4.61. The number of carbonyl (C=O) groups excluding carboxylic acids is 1. The highest BCUT2D eigenvalue weighted by atomic mass is 16.5. The first-order valence-electron chi connectivity index (χ1n) is 9.58. The van der Waals surface area contributed by atoms with Crippen molar-refractivity contribution in [2.75, 3.05) is 49.9 Å². The number of nitrogen functional groups attached to an aromatic ring is 1. The number of carbonyl (C=O) groups is 1. The zero-order valence-corrected chi connectivity index (χ0v) is 17.0. The Hall–Kier alpha value is -3.23. The van der Waals surface area contributed by atoms with Gasteiger partial charge in [-0.2, -0.15) is 0 Å². The van der Waals surface area contributed by atoms with Crippen molar-refractivity contribution in [3.05, 3.63) is 24.5 Å². The largest absolute Gasteiger partial charge is 0.497 e. The van der Waals surface area contributed by atoms with E-state index in [-0.39, 0.29) is 11.9 Å². The van der Waals surface area contributed by atoms with E-state index in [1.165, 1.54) is 6.33 Å². The van der Waals surface area contributed by atoms with Crippen LogP contribution in [0, 0.1) is 5.92 Å². The molecule has 0 atom stereocenters. The van der Waals surface area contributed by atoms with Gasteiger partial charge in [0.1, 0.15) is 23.5 Å². The molecule has 1 aromatic heterocycles. The maximum Gasteiger partial charge on any atom is 0.309 e. The van der Waals surface area contributed by atoms with Gasteiger partial charge in [-0.15, -0.1) is 0 Å². The van der Waals surface area contributed by atoms with E-state index < -0.39 is 0 Å². The average molecular weight is 401 g/mol. The number of esters is 1. The normalized spacial score (nSPS) is 14.4. The number of aromatic nitrogens is 2. The van der Waals surface area contributed by atoms with Gasteiger partial charge in [0.2, 0.25) is 0 Å². The summed E-state index contributed by atoms with van der Waals surface area (Å²) in [4.78, 5) is 22.7. The fourth-order valence-corrected chi connectivity index (χ4v) is 3.35. The van der Waals surface area contributed by atoms with Crippen LogP contribution >= 0.6 is 0 Å². The Bertz CT molecular complexity index is 853. The molecule has 2 aromatic rings. The summed E-state index contributed by atoms with van der Waals surface area (Å²) in [7, 11) is 3.18. The van der Waals surface area contributed by atoms with Crippen LogP contribution in [0.2, 0.25) is 0 Å². The molecule has 0 bridgehead atoms. The van der Waals surface area contributed by atoms with Gasteiger partial charge in [-0.25, -0.2) is 9.97 Å². The molecule has 29 heavy (non-hydrogen) atoms. The van der Waals surface area contributed by atoms with Gasteiger partial charge in [0.05, 0.1) is 32.4 Å². The molecule has 3 N–H and O–H groups in total. The summed E-state index contributed by atoms with van der Waals surface area (Å²) < 4.78 is 15.8. The van der Waals surface area contributed by atoms with E-state index in [2.05, 4.69) is 20.2 Å². The third-order valence-corrected chi connectivity index (χ3v) is 4.94. The van der Waals surface area contributed by atoms with Crippen LogP contribution in [-0.4, -0.2) is 49.9 Å². The lowest BCUT2D eigenvalue weighted by Gasteiger charge is -2.32. The lowest BCUT2D eigenvalue weighted by molar-refractivity contribution is -0.148. The van der Waals surface area contributed by atoms with Crippen LogP contribution in [0.1, 0.15) is 19.8 Å². The summed E-state index contributed by atoms with van der Waals surface area (Å²) >= 11 is 0. The van der Waals surface area contributed by atoms with Crippen LogP contribution in [0.5, 0.6) is 11.5 Å². The summed E-state index contributed by atoms with van der Waals surface area (Å²) in [6.45, 7) is 3.58. The Morgan fingerprint density at radius 2 is 2.00 bits per heavy atom. The first kappa shape index (κ1) is 20.5. The number of nitrogens with one attached hydrogen (secondary N) is 1. The van der Waals surface area contributed by atoms with Crippen molar-refractivity contribution in [3.8, 4) is 11.5 Å². The molecule has 1 aliphatic rings. The van der Waals surface area contributed by atoms with E-state index in [4.69, 9.17) is 19.9 Å². The van der Waals surface area contributed by atoms with Crippen LogP contribution in [-0.2, 0) is 9.53 Å². The molecule has 0 unspecified atom stereocenters.